The van der Waals surface area contributed by atoms with Crippen molar-refractivity contribution in [2.75, 3.05) is 0 Å². The van der Waals surface area contributed by atoms with Gasteiger partial charge in [-0.3, -0.25) is 0 Å². The molecule has 5 nitrogen and oxygen atoms in total. The predicted octanol–water partition coefficient (Wildman–Crippen LogP) is 2.45. The van der Waals surface area contributed by atoms with E-state index in [0.29, 0.717) is 6.20 Å². The van der Waals surface area contributed by atoms with Gasteiger partial charge in [0.15, 0.2) is 6.20 Å². The molecule has 0 amide bonds. The van der Waals surface area contributed by atoms with Crippen LogP contribution in [-0.2, 0) is 0 Å². The van der Waals surface area contributed by atoms with Crippen LogP contribution >= 0.6 is 11.6 Å². The zero-order chi connectivity index (χ0) is 11.6. The summed E-state index contributed by atoms with van der Waals surface area (Å²) in [6, 6.07) is 1.43. The van der Waals surface area contributed by atoms with Gasteiger partial charge in [-0.25, -0.2) is 8.78 Å². The quantitative estimate of drug-likeness (QED) is 0.580. The van der Waals surface area contributed by atoms with E-state index in [2.05, 4.69) is 4.98 Å². The van der Waals surface area contributed by atoms with Crippen LogP contribution in [0.2, 0.25) is 5.02 Å². The molecule has 8 heteroatoms. The lowest BCUT2D eigenvalue weighted by Crippen LogP contribution is -2.00. The Bertz CT molecular complexity index is 458. The molecule has 0 saturated heterocycles. The van der Waals surface area contributed by atoms with Crippen LogP contribution in [0.4, 0.5) is 14.6 Å². The minimum Gasteiger partial charge on any atom is -0.358 e. The Balaban J connectivity index is 3.51. The zero-order valence-corrected chi connectivity index (χ0v) is 7.70. The van der Waals surface area contributed by atoms with Gasteiger partial charge in [0.25, 0.3) is 6.43 Å². The van der Waals surface area contributed by atoms with Gasteiger partial charge in [-0.1, -0.05) is 11.6 Å². The number of rotatable bonds is 2. The lowest BCUT2D eigenvalue weighted by Gasteiger charge is -2.03. The first-order valence-corrected chi connectivity index (χ1v) is 3.87. The molecule has 0 unspecified atom stereocenters. The highest BCUT2D eigenvalue weighted by atomic mass is 35.5. The summed E-state index contributed by atoms with van der Waals surface area (Å²) in [5.74, 6) is -0.883. The maximum atomic E-state index is 12.4. The van der Waals surface area contributed by atoms with Gasteiger partial charge in [0.1, 0.15) is 16.7 Å². The average Bonchev–Trinajstić information content (AvgIpc) is 2.15. The van der Waals surface area contributed by atoms with Gasteiger partial charge in [-0.05, 0) is 9.91 Å². The van der Waals surface area contributed by atoms with Gasteiger partial charge in [0, 0.05) is 0 Å². The van der Waals surface area contributed by atoms with Gasteiger partial charge in [0.2, 0.25) is 0 Å². The number of aromatic nitrogens is 1. The van der Waals surface area contributed by atoms with E-state index in [4.69, 9.17) is 16.9 Å². The van der Waals surface area contributed by atoms with Crippen molar-refractivity contribution >= 4 is 17.4 Å². The van der Waals surface area contributed by atoms with Crippen LogP contribution in [0, 0.1) is 21.4 Å². The highest BCUT2D eigenvalue weighted by molar-refractivity contribution is 6.33. The highest BCUT2D eigenvalue weighted by Crippen LogP contribution is 2.34. The second-order valence-corrected chi connectivity index (χ2v) is 2.77. The normalized spacial score (nSPS) is 10.1. The molecule has 0 saturated carbocycles. The summed E-state index contributed by atoms with van der Waals surface area (Å²) in [5, 5.41) is 18.0. The summed E-state index contributed by atoms with van der Waals surface area (Å²) in [6.07, 6.45) is -2.36. The molecule has 0 aliphatic carbocycles. The van der Waals surface area contributed by atoms with Gasteiger partial charge in [-0.2, -0.15) is 5.26 Å². The first-order chi connectivity index (χ1) is 6.99. The zero-order valence-electron chi connectivity index (χ0n) is 6.95. The molecule has 1 rings (SSSR count). The third kappa shape index (κ3) is 1.99. The molecule has 0 radical (unpaired) electrons. The number of hydrogen-bond acceptors (Lipinski definition) is 4. The van der Waals surface area contributed by atoms with Crippen LogP contribution in [-0.4, -0.2) is 9.91 Å². The lowest BCUT2D eigenvalue weighted by molar-refractivity contribution is -0.389. The maximum absolute atomic E-state index is 12.4. The van der Waals surface area contributed by atoms with Crippen molar-refractivity contribution in [2.24, 2.45) is 0 Å². The lowest BCUT2D eigenvalue weighted by atomic mass is 10.1. The summed E-state index contributed by atoms with van der Waals surface area (Å²) in [6.45, 7) is 0. The van der Waals surface area contributed by atoms with Crippen molar-refractivity contribution in [3.63, 3.8) is 0 Å². The Hall–Kier alpha value is -1.81. The molecule has 1 aromatic rings. The van der Waals surface area contributed by atoms with E-state index in [1.165, 1.54) is 6.07 Å². The van der Waals surface area contributed by atoms with Crippen molar-refractivity contribution < 1.29 is 13.7 Å². The summed E-state index contributed by atoms with van der Waals surface area (Å²) >= 11 is 5.35. The Morgan fingerprint density at radius 3 is 2.67 bits per heavy atom. The number of hydrogen-bond donors (Lipinski definition) is 0. The topological polar surface area (TPSA) is 79.8 Å². The highest BCUT2D eigenvalue weighted by Gasteiger charge is 2.26. The summed E-state index contributed by atoms with van der Waals surface area (Å²) < 4.78 is 24.9. The number of halogens is 3. The van der Waals surface area contributed by atoms with Crippen LogP contribution in [0.3, 0.4) is 0 Å². The van der Waals surface area contributed by atoms with Crippen LogP contribution < -0.4 is 0 Å². The molecule has 0 aliphatic heterocycles. The first-order valence-electron chi connectivity index (χ1n) is 3.50. The molecule has 1 heterocycles. The summed E-state index contributed by atoms with van der Waals surface area (Å²) in [5.41, 5.74) is -1.33. The molecule has 15 heavy (non-hydrogen) atoms. The molecule has 0 N–H and O–H groups in total. The molecule has 0 fully saturated rings. The minimum atomic E-state index is -3.06. The van der Waals surface area contributed by atoms with Gasteiger partial charge < -0.3 is 10.1 Å². The van der Waals surface area contributed by atoms with E-state index in [9.17, 15) is 18.9 Å². The van der Waals surface area contributed by atoms with Crippen LogP contribution in [0.25, 0.3) is 0 Å². The molecular formula is C7H2ClF2N3O2. The van der Waals surface area contributed by atoms with E-state index in [0.717, 1.165) is 0 Å². The fourth-order valence-corrected chi connectivity index (χ4v) is 1.22. The largest absolute Gasteiger partial charge is 0.382 e. The molecule has 0 aliphatic rings. The Morgan fingerprint density at radius 2 is 2.27 bits per heavy atom. The Labute approximate surface area is 87.1 Å². The van der Waals surface area contributed by atoms with Crippen molar-refractivity contribution in [2.45, 2.75) is 6.43 Å². The number of nitro groups is 1. The Kier molecular flexibility index (Phi) is 3.11. The smallest absolute Gasteiger partial charge is 0.358 e. The fourth-order valence-electron chi connectivity index (χ4n) is 0.920. The van der Waals surface area contributed by atoms with Crippen LogP contribution in [0.5, 0.6) is 0 Å². The van der Waals surface area contributed by atoms with E-state index in [1.54, 1.807) is 0 Å². The predicted molar refractivity (Wildman–Crippen MR) is 45.6 cm³/mol. The molecule has 0 spiro atoms. The van der Waals surface area contributed by atoms with E-state index in [-0.39, 0.29) is 0 Å². The van der Waals surface area contributed by atoms with Crippen molar-refractivity contribution in [3.8, 4) is 6.07 Å². The third-order valence-electron chi connectivity index (χ3n) is 1.55. The van der Waals surface area contributed by atoms with Crippen molar-refractivity contribution in [1.29, 1.82) is 5.26 Å². The van der Waals surface area contributed by atoms with Gasteiger partial charge >= 0.3 is 5.82 Å². The fraction of sp³-hybridized carbons (Fsp3) is 0.143. The van der Waals surface area contributed by atoms with Gasteiger partial charge in [-0.15, -0.1) is 0 Å². The summed E-state index contributed by atoms with van der Waals surface area (Å²) in [7, 11) is 0. The van der Waals surface area contributed by atoms with Gasteiger partial charge in [0.05, 0.1) is 5.56 Å². The SMILES string of the molecule is N#Cc1cnc([N+](=O)[O-])c(Cl)c1C(F)F. The number of nitrogens with zero attached hydrogens (tertiary/aromatic N) is 3. The monoisotopic (exact) mass is 233 g/mol. The van der Waals surface area contributed by atoms with E-state index < -0.39 is 33.3 Å². The average molecular weight is 234 g/mol. The third-order valence-corrected chi connectivity index (χ3v) is 1.92. The van der Waals surface area contributed by atoms with E-state index in [1.807, 2.05) is 0 Å². The van der Waals surface area contributed by atoms with Crippen molar-refractivity contribution in [3.05, 3.63) is 32.5 Å². The van der Waals surface area contributed by atoms with Crippen molar-refractivity contribution in [1.82, 2.24) is 4.98 Å². The molecule has 1 aromatic heterocycles. The van der Waals surface area contributed by atoms with E-state index >= 15 is 0 Å². The number of alkyl halides is 2. The minimum absolute atomic E-state index is 0.472. The standard InChI is InChI=1S/C7H2ClF2N3O2/c8-5-4(6(9)10)3(1-11)2-12-7(5)13(14)15/h2,6H. The van der Waals surface area contributed by atoms with Crippen LogP contribution in [0.15, 0.2) is 6.20 Å². The number of nitriles is 1. The molecule has 0 atom stereocenters. The number of pyridine rings is 1. The molecule has 78 valence electrons. The van der Waals surface area contributed by atoms with Crippen LogP contribution in [0.1, 0.15) is 17.6 Å². The second-order valence-electron chi connectivity index (χ2n) is 2.39. The first kappa shape index (κ1) is 11.3. The summed E-state index contributed by atoms with van der Waals surface area (Å²) in [4.78, 5) is 12.5. The Morgan fingerprint density at radius 1 is 1.67 bits per heavy atom. The molecule has 0 aromatic carbocycles. The molecular weight excluding hydrogens is 232 g/mol. The molecule has 0 bridgehead atoms. The second kappa shape index (κ2) is 4.14. The maximum Gasteiger partial charge on any atom is 0.382 e.